The highest BCUT2D eigenvalue weighted by Gasteiger charge is 1.91. The molecule has 0 amide bonds. The van der Waals surface area contributed by atoms with E-state index in [2.05, 4.69) is 5.32 Å². The van der Waals surface area contributed by atoms with Gasteiger partial charge in [-0.05, 0) is 0 Å². The quantitative estimate of drug-likeness (QED) is 0.409. The largest absolute Gasteiger partial charge is 0.314 e. The average molecular weight is 77.1 g/mol. The van der Waals surface area contributed by atoms with Gasteiger partial charge >= 0.3 is 0 Å². The molecule has 5 heavy (non-hydrogen) atoms. The SMILES string of the molecule is C1CN1.CF. The molecular formula is C3H8FN. The van der Waals surface area contributed by atoms with E-state index in [9.17, 15) is 4.39 Å². The minimum Gasteiger partial charge on any atom is -0.314 e. The molecule has 0 saturated carbocycles. The van der Waals surface area contributed by atoms with Crippen molar-refractivity contribution >= 4 is 0 Å². The third-order valence-corrected chi connectivity index (χ3v) is 0.250. The molecule has 1 rings (SSSR count). The van der Waals surface area contributed by atoms with Gasteiger partial charge in [-0.15, -0.1) is 0 Å². The van der Waals surface area contributed by atoms with Crippen molar-refractivity contribution in [3.63, 3.8) is 0 Å². The number of alkyl halides is 1. The topological polar surface area (TPSA) is 21.9 Å². The molecule has 0 bridgehead atoms. The number of nitrogens with one attached hydrogen (secondary N) is 1. The van der Waals surface area contributed by atoms with Crippen LogP contribution in [-0.2, 0) is 0 Å². The Balaban J connectivity index is 0.0000000733. The van der Waals surface area contributed by atoms with E-state index in [-0.39, 0.29) is 0 Å². The first-order chi connectivity index (χ1) is 2.50. The third kappa shape index (κ3) is 17.5. The second kappa shape index (κ2) is 3.89. The molecule has 1 heterocycles. The summed E-state index contributed by atoms with van der Waals surface area (Å²) in [6.45, 7) is 2.50. The van der Waals surface area contributed by atoms with Crippen molar-refractivity contribution in [3.05, 3.63) is 0 Å². The first-order valence-electron chi connectivity index (χ1n) is 1.59. The lowest BCUT2D eigenvalue weighted by molar-refractivity contribution is 0.636. The number of rotatable bonds is 0. The van der Waals surface area contributed by atoms with Crippen LogP contribution in [-0.4, -0.2) is 20.3 Å². The fourth-order valence-electron chi connectivity index (χ4n) is 0. The van der Waals surface area contributed by atoms with Gasteiger partial charge in [0.2, 0.25) is 0 Å². The van der Waals surface area contributed by atoms with E-state index in [1.807, 2.05) is 0 Å². The van der Waals surface area contributed by atoms with Crippen LogP contribution in [0.4, 0.5) is 4.39 Å². The zero-order valence-corrected chi connectivity index (χ0v) is 3.29. The molecule has 0 aromatic carbocycles. The average Bonchev–Trinajstić information content (AvgIpc) is 2.19. The van der Waals surface area contributed by atoms with Crippen LogP contribution in [0.25, 0.3) is 0 Å². The van der Waals surface area contributed by atoms with E-state index in [0.29, 0.717) is 7.18 Å². The van der Waals surface area contributed by atoms with Gasteiger partial charge in [0.1, 0.15) is 0 Å². The highest BCUT2D eigenvalue weighted by atomic mass is 19.1. The van der Waals surface area contributed by atoms with Crippen LogP contribution in [0.1, 0.15) is 0 Å². The number of halogens is 1. The van der Waals surface area contributed by atoms with Crippen molar-refractivity contribution in [3.8, 4) is 0 Å². The molecule has 2 heteroatoms. The lowest BCUT2D eigenvalue weighted by Gasteiger charge is -1.21. The van der Waals surface area contributed by atoms with E-state index >= 15 is 0 Å². The fraction of sp³-hybridized carbons (Fsp3) is 1.00. The van der Waals surface area contributed by atoms with E-state index in [4.69, 9.17) is 0 Å². The lowest BCUT2D eigenvalue weighted by Crippen LogP contribution is -1.56. The van der Waals surface area contributed by atoms with Crippen LogP contribution in [0, 0.1) is 0 Å². The van der Waals surface area contributed by atoms with Gasteiger partial charge in [-0.3, -0.25) is 4.39 Å². The summed E-state index contributed by atoms with van der Waals surface area (Å²) in [7, 11) is 0.500. The van der Waals surface area contributed by atoms with Gasteiger partial charge in [0, 0.05) is 13.1 Å². The van der Waals surface area contributed by atoms with Crippen LogP contribution in [0.15, 0.2) is 0 Å². The third-order valence-electron chi connectivity index (χ3n) is 0.250. The van der Waals surface area contributed by atoms with E-state index in [1.54, 1.807) is 0 Å². The highest BCUT2D eigenvalue weighted by molar-refractivity contribution is 4.58. The first-order valence-corrected chi connectivity index (χ1v) is 1.59. The van der Waals surface area contributed by atoms with Gasteiger partial charge in [-0.1, -0.05) is 0 Å². The monoisotopic (exact) mass is 77.1 g/mol. The molecule has 1 fully saturated rings. The summed E-state index contributed by atoms with van der Waals surface area (Å²) >= 11 is 0. The van der Waals surface area contributed by atoms with Gasteiger partial charge in [0.05, 0.1) is 7.18 Å². The predicted octanol–water partition coefficient (Wildman–Crippen LogP) is 0.175. The zero-order chi connectivity index (χ0) is 4.12. The Morgan fingerprint density at radius 2 is 1.60 bits per heavy atom. The van der Waals surface area contributed by atoms with E-state index < -0.39 is 0 Å². The van der Waals surface area contributed by atoms with Crippen molar-refractivity contribution in [2.24, 2.45) is 0 Å². The van der Waals surface area contributed by atoms with Crippen molar-refractivity contribution in [1.82, 2.24) is 5.32 Å². The van der Waals surface area contributed by atoms with Crippen LogP contribution in [0.2, 0.25) is 0 Å². The highest BCUT2D eigenvalue weighted by Crippen LogP contribution is 1.65. The maximum Gasteiger partial charge on any atom is 0.0785 e. The molecule has 0 aromatic rings. The Hall–Kier alpha value is -0.110. The summed E-state index contributed by atoms with van der Waals surface area (Å²) in [5.74, 6) is 0. The number of hydrogen-bond acceptors (Lipinski definition) is 1. The van der Waals surface area contributed by atoms with Crippen molar-refractivity contribution in [2.75, 3.05) is 20.3 Å². The maximum absolute atomic E-state index is 9.50. The molecule has 1 aliphatic rings. The molecule has 32 valence electrons. The second-order valence-corrected chi connectivity index (χ2v) is 0.750. The van der Waals surface area contributed by atoms with Gasteiger partial charge in [-0.2, -0.15) is 0 Å². The molecule has 1 N–H and O–H groups in total. The van der Waals surface area contributed by atoms with Gasteiger partial charge in [-0.25, -0.2) is 0 Å². The lowest BCUT2D eigenvalue weighted by atomic mass is 11.0. The van der Waals surface area contributed by atoms with Crippen LogP contribution in [0.5, 0.6) is 0 Å². The molecule has 0 aliphatic carbocycles. The summed E-state index contributed by atoms with van der Waals surface area (Å²) in [5, 5.41) is 3.00. The van der Waals surface area contributed by atoms with Crippen LogP contribution < -0.4 is 5.32 Å². The first kappa shape index (κ1) is 4.89. The molecular weight excluding hydrogens is 69.0 g/mol. The molecule has 1 saturated heterocycles. The summed E-state index contributed by atoms with van der Waals surface area (Å²) in [5.41, 5.74) is 0. The van der Waals surface area contributed by atoms with Gasteiger partial charge in [0.25, 0.3) is 0 Å². The summed E-state index contributed by atoms with van der Waals surface area (Å²) in [4.78, 5) is 0. The number of hydrogen-bond donors (Lipinski definition) is 1. The van der Waals surface area contributed by atoms with Crippen molar-refractivity contribution < 1.29 is 4.39 Å². The second-order valence-electron chi connectivity index (χ2n) is 0.750. The predicted molar refractivity (Wildman–Crippen MR) is 19.9 cm³/mol. The van der Waals surface area contributed by atoms with Crippen LogP contribution >= 0.6 is 0 Å². The molecule has 0 spiro atoms. The summed E-state index contributed by atoms with van der Waals surface area (Å²) < 4.78 is 9.50. The smallest absolute Gasteiger partial charge is 0.0785 e. The minimum atomic E-state index is 0.500. The van der Waals surface area contributed by atoms with E-state index in [1.165, 1.54) is 13.1 Å². The van der Waals surface area contributed by atoms with Gasteiger partial charge in [0.15, 0.2) is 0 Å². The van der Waals surface area contributed by atoms with Gasteiger partial charge < -0.3 is 5.32 Å². The summed E-state index contributed by atoms with van der Waals surface area (Å²) in [6.07, 6.45) is 0. The minimum absolute atomic E-state index is 0.500. The van der Waals surface area contributed by atoms with Crippen molar-refractivity contribution in [2.45, 2.75) is 0 Å². The fourth-order valence-corrected chi connectivity index (χ4v) is 0. The Morgan fingerprint density at radius 1 is 1.40 bits per heavy atom. The zero-order valence-electron chi connectivity index (χ0n) is 3.29. The molecule has 1 nitrogen and oxygen atoms in total. The van der Waals surface area contributed by atoms with Crippen molar-refractivity contribution in [1.29, 1.82) is 0 Å². The Kier molecular flexibility index (Phi) is 3.80. The normalized spacial score (nSPS) is 15.6. The molecule has 0 atom stereocenters. The molecule has 0 unspecified atom stereocenters. The summed E-state index contributed by atoms with van der Waals surface area (Å²) in [6, 6.07) is 0. The Morgan fingerprint density at radius 3 is 1.60 bits per heavy atom. The molecule has 0 aromatic heterocycles. The maximum atomic E-state index is 9.50. The van der Waals surface area contributed by atoms with E-state index in [0.717, 1.165) is 0 Å². The Bertz CT molecular complexity index is 11.6. The van der Waals surface area contributed by atoms with Crippen LogP contribution in [0.3, 0.4) is 0 Å². The molecule has 0 radical (unpaired) electrons. The molecule has 1 aliphatic heterocycles. The Labute approximate surface area is 31.2 Å². The standard InChI is InChI=1S/C2H5N.CH3F/c1-2-3-1;1-2/h3H,1-2H2;1H3.